The Morgan fingerprint density at radius 2 is 1.38 bits per heavy atom. The summed E-state index contributed by atoms with van der Waals surface area (Å²) in [6.07, 6.45) is 0. The first kappa shape index (κ1) is 18.8. The molecule has 7 heteroatoms. The maximum Gasteiger partial charge on any atom is 0.219 e. The van der Waals surface area contributed by atoms with Crippen LogP contribution in [0.3, 0.4) is 0 Å². The molecule has 0 saturated heterocycles. The van der Waals surface area contributed by atoms with E-state index >= 15 is 0 Å². The van der Waals surface area contributed by atoms with Crippen molar-refractivity contribution >= 4 is 82.8 Å². The molecule has 3 rings (SSSR count). The van der Waals surface area contributed by atoms with E-state index in [0.29, 0.717) is 11.3 Å². The van der Waals surface area contributed by atoms with E-state index in [9.17, 15) is 0 Å². The maximum atomic E-state index is 6.36. The summed E-state index contributed by atoms with van der Waals surface area (Å²) < 4.78 is 12.7. The van der Waals surface area contributed by atoms with Gasteiger partial charge in [0.15, 0.2) is 0 Å². The largest absolute Gasteiger partial charge is 0.418 e. The smallest absolute Gasteiger partial charge is 0.219 e. The molecule has 0 amide bonds. The van der Waals surface area contributed by atoms with Gasteiger partial charge in [0.1, 0.15) is 11.2 Å². The molecule has 0 bridgehead atoms. The van der Waals surface area contributed by atoms with E-state index in [4.69, 9.17) is 8.39 Å². The quantitative estimate of drug-likeness (QED) is 0.532. The van der Waals surface area contributed by atoms with Crippen LogP contribution in [0.1, 0.15) is 37.7 Å². The third-order valence-corrected chi connectivity index (χ3v) is 7.02. The minimum absolute atomic E-state index is 0.309. The van der Waals surface area contributed by atoms with Gasteiger partial charge in [-0.2, -0.15) is 0 Å². The minimum Gasteiger partial charge on any atom is -0.418 e. The number of rotatable bonds is 2. The van der Waals surface area contributed by atoms with E-state index in [1.54, 1.807) is 0 Å². The van der Waals surface area contributed by atoms with Crippen LogP contribution >= 0.6 is 45.0 Å². The Balaban J connectivity index is 2.62. The maximum absolute atomic E-state index is 6.36. The number of hydrogen-bond acceptors (Lipinski definition) is 2. The zero-order chi connectivity index (χ0) is 17.6. The highest BCUT2D eigenvalue weighted by atomic mass is 31.1. The fraction of sp³-hybridized carbons (Fsp3) is 0.294. The zero-order valence-corrected chi connectivity index (χ0v) is 19.6. The van der Waals surface area contributed by atoms with Crippen molar-refractivity contribution < 1.29 is 8.39 Å². The van der Waals surface area contributed by atoms with Crippen molar-refractivity contribution in [2.45, 2.75) is 32.1 Å². The zero-order valence-electron chi connectivity index (χ0n) is 14.0. The predicted octanol–water partition coefficient (Wildman–Crippen LogP) is 5.31. The van der Waals surface area contributed by atoms with Gasteiger partial charge >= 0.3 is 0 Å². The van der Waals surface area contributed by atoms with Gasteiger partial charge in [-0.15, -0.1) is 37.0 Å². The van der Waals surface area contributed by atoms with Gasteiger partial charge in [-0.1, -0.05) is 6.92 Å². The molecule has 0 aliphatic heterocycles. The van der Waals surface area contributed by atoms with Crippen LogP contribution in [0.2, 0.25) is 0 Å². The van der Waals surface area contributed by atoms with Crippen LogP contribution in [0.4, 0.5) is 0 Å². The first-order chi connectivity index (χ1) is 11.3. The SMILES string of the molecule is CC(C)p1oc2c(P)cc(P)cc2c2cc([C@H](C)P)cc(P)c2o1. The summed E-state index contributed by atoms with van der Waals surface area (Å²) in [5.41, 5.74) is 3.80. The summed E-state index contributed by atoms with van der Waals surface area (Å²) in [6, 6.07) is 8.69. The standard InChI is InChI=1S/C17H23O2P5/c1-8(2)24-18-16-12(4-10(9(3)20)5-14(16)22)13-6-11(21)7-15(23)17(13)19-24/h4-9H,20-23H2,1-3H3/t9-,24?/m0/s1. The van der Waals surface area contributed by atoms with Gasteiger partial charge in [-0.3, -0.25) is 0 Å². The van der Waals surface area contributed by atoms with E-state index in [1.165, 1.54) is 5.56 Å². The summed E-state index contributed by atoms with van der Waals surface area (Å²) in [5, 5.41) is 5.50. The van der Waals surface area contributed by atoms with Crippen LogP contribution in [0, 0.1) is 0 Å². The number of benzene rings is 2. The van der Waals surface area contributed by atoms with Gasteiger partial charge in [0.25, 0.3) is 0 Å². The summed E-state index contributed by atoms with van der Waals surface area (Å²) in [4.78, 5) is 0. The molecule has 0 saturated carbocycles. The van der Waals surface area contributed by atoms with Gasteiger partial charge in [-0.25, -0.2) is 0 Å². The van der Waals surface area contributed by atoms with Gasteiger partial charge in [0.05, 0.1) is 5.66 Å². The molecule has 0 spiro atoms. The Morgan fingerprint density at radius 3 is 1.92 bits per heavy atom. The molecule has 128 valence electrons. The molecular formula is C17H23O2P5. The first-order valence-electron chi connectivity index (χ1n) is 7.81. The average Bonchev–Trinajstić information content (AvgIpc) is 2.65. The lowest BCUT2D eigenvalue weighted by Crippen LogP contribution is -2.02. The molecule has 0 radical (unpaired) electrons. The van der Waals surface area contributed by atoms with Crippen LogP contribution in [0.15, 0.2) is 32.7 Å². The monoisotopic (exact) mass is 414 g/mol. The molecule has 1 aromatic heterocycles. The normalized spacial score (nSPS) is 13.8. The van der Waals surface area contributed by atoms with E-state index in [-0.39, 0.29) is 0 Å². The van der Waals surface area contributed by atoms with Gasteiger partial charge in [0, 0.05) is 21.4 Å². The van der Waals surface area contributed by atoms with E-state index in [2.05, 4.69) is 82.0 Å². The Bertz CT molecular complexity index is 961. The van der Waals surface area contributed by atoms with E-state index < -0.39 is 8.01 Å². The molecule has 0 N–H and O–H groups in total. The summed E-state index contributed by atoms with van der Waals surface area (Å²) in [6.45, 7) is 6.47. The highest BCUT2D eigenvalue weighted by Gasteiger charge is 2.14. The molecule has 0 fully saturated rings. The molecule has 3 aromatic rings. The predicted molar refractivity (Wildman–Crippen MR) is 123 cm³/mol. The van der Waals surface area contributed by atoms with E-state index in [0.717, 1.165) is 37.9 Å². The third-order valence-electron chi connectivity index (χ3n) is 3.88. The Hall–Kier alpha value is 0.0600. The fourth-order valence-corrected chi connectivity index (χ4v) is 5.59. The summed E-state index contributed by atoms with van der Waals surface area (Å²) in [5.74, 6) is 0. The van der Waals surface area contributed by atoms with Crippen LogP contribution in [-0.4, -0.2) is 0 Å². The summed E-state index contributed by atoms with van der Waals surface area (Å²) >= 11 is 0. The Labute approximate surface area is 153 Å². The second kappa shape index (κ2) is 7.36. The molecule has 24 heavy (non-hydrogen) atoms. The van der Waals surface area contributed by atoms with Crippen LogP contribution in [0.25, 0.3) is 21.9 Å². The van der Waals surface area contributed by atoms with E-state index in [1.807, 2.05) is 0 Å². The molecule has 0 aliphatic carbocycles. The first-order valence-corrected chi connectivity index (χ1v) is 11.5. The van der Waals surface area contributed by atoms with Gasteiger partial charge in [0.2, 0.25) is 8.01 Å². The van der Waals surface area contributed by atoms with Crippen molar-refractivity contribution in [3.63, 3.8) is 0 Å². The van der Waals surface area contributed by atoms with Crippen LogP contribution in [0.5, 0.6) is 0 Å². The molecular weight excluding hydrogens is 391 g/mol. The average molecular weight is 414 g/mol. The van der Waals surface area contributed by atoms with Crippen molar-refractivity contribution in [3.05, 3.63) is 29.8 Å². The Morgan fingerprint density at radius 1 is 0.833 bits per heavy atom. The lowest BCUT2D eigenvalue weighted by Gasteiger charge is -2.09. The van der Waals surface area contributed by atoms with Crippen molar-refractivity contribution in [1.82, 2.24) is 0 Å². The van der Waals surface area contributed by atoms with Gasteiger partial charge < -0.3 is 8.39 Å². The number of fused-ring (bicyclic) bond motifs is 3. The molecule has 1 heterocycles. The van der Waals surface area contributed by atoms with Crippen molar-refractivity contribution in [3.8, 4) is 0 Å². The number of hydrogen-bond donors (Lipinski definition) is 0. The second-order valence-electron chi connectivity index (χ2n) is 6.32. The third kappa shape index (κ3) is 3.61. The molecule has 2 aromatic carbocycles. The topological polar surface area (TPSA) is 26.3 Å². The molecule has 6 atom stereocenters. The highest BCUT2D eigenvalue weighted by Crippen LogP contribution is 2.42. The van der Waals surface area contributed by atoms with Crippen LogP contribution in [-0.2, 0) is 0 Å². The fourth-order valence-electron chi connectivity index (χ4n) is 2.63. The van der Waals surface area contributed by atoms with Crippen LogP contribution < -0.4 is 15.9 Å². The lowest BCUT2D eigenvalue weighted by molar-refractivity contribution is 0.624. The summed E-state index contributed by atoms with van der Waals surface area (Å²) in [7, 11) is 10.2. The van der Waals surface area contributed by atoms with Crippen molar-refractivity contribution in [2.75, 3.05) is 0 Å². The lowest BCUT2D eigenvalue weighted by atomic mass is 10.1. The molecule has 2 nitrogen and oxygen atoms in total. The van der Waals surface area contributed by atoms with Crippen molar-refractivity contribution in [1.29, 1.82) is 0 Å². The Kier molecular flexibility index (Phi) is 5.77. The minimum atomic E-state index is -1.04. The molecule has 0 aliphatic rings. The molecule has 5 unspecified atom stereocenters. The van der Waals surface area contributed by atoms with Gasteiger partial charge in [-0.05, 0) is 54.6 Å². The highest BCUT2D eigenvalue weighted by molar-refractivity contribution is 7.37. The van der Waals surface area contributed by atoms with Crippen molar-refractivity contribution in [2.24, 2.45) is 0 Å². The second-order valence-corrected chi connectivity index (χ2v) is 11.2.